The Morgan fingerprint density at radius 2 is 1.65 bits per heavy atom. The molecular formula is C17H28O6. The van der Waals surface area contributed by atoms with Gasteiger partial charge in [-0.05, 0) is 6.42 Å². The fourth-order valence-corrected chi connectivity index (χ4v) is 3.18. The number of rotatable bonds is 12. The van der Waals surface area contributed by atoms with E-state index in [0.717, 1.165) is 19.3 Å². The van der Waals surface area contributed by atoms with E-state index < -0.39 is 29.4 Å². The van der Waals surface area contributed by atoms with Gasteiger partial charge < -0.3 is 14.9 Å². The highest BCUT2D eigenvalue weighted by molar-refractivity contribution is 5.90. The van der Waals surface area contributed by atoms with Crippen LogP contribution in [0, 0.1) is 5.92 Å². The molecule has 23 heavy (non-hydrogen) atoms. The SMILES string of the molecule is CCCCCCCCCC[C@@H](C(=O)O)[C@]1(C(=O)O)CCC(=O)O1. The van der Waals surface area contributed by atoms with E-state index in [0.29, 0.717) is 6.42 Å². The molecule has 1 heterocycles. The van der Waals surface area contributed by atoms with E-state index in [-0.39, 0.29) is 19.3 Å². The quantitative estimate of drug-likeness (QED) is 0.421. The van der Waals surface area contributed by atoms with Crippen molar-refractivity contribution in [2.24, 2.45) is 5.92 Å². The van der Waals surface area contributed by atoms with Gasteiger partial charge in [-0.1, -0.05) is 58.3 Å². The topological polar surface area (TPSA) is 101 Å². The van der Waals surface area contributed by atoms with Gasteiger partial charge >= 0.3 is 17.9 Å². The number of carbonyl (C=O) groups is 3. The van der Waals surface area contributed by atoms with Crippen LogP contribution < -0.4 is 0 Å². The third-order valence-corrected chi connectivity index (χ3v) is 4.57. The van der Waals surface area contributed by atoms with Crippen molar-refractivity contribution >= 4 is 17.9 Å². The lowest BCUT2D eigenvalue weighted by molar-refractivity contribution is -0.182. The van der Waals surface area contributed by atoms with Gasteiger partial charge in [-0.25, -0.2) is 4.79 Å². The maximum absolute atomic E-state index is 11.5. The van der Waals surface area contributed by atoms with Crippen LogP contribution in [0.1, 0.15) is 77.6 Å². The molecule has 0 spiro atoms. The number of hydrogen-bond acceptors (Lipinski definition) is 4. The summed E-state index contributed by atoms with van der Waals surface area (Å²) < 4.78 is 4.94. The summed E-state index contributed by atoms with van der Waals surface area (Å²) in [4.78, 5) is 34.3. The molecule has 132 valence electrons. The number of carboxylic acids is 2. The number of aliphatic carboxylic acids is 2. The van der Waals surface area contributed by atoms with Gasteiger partial charge in [0.15, 0.2) is 0 Å². The summed E-state index contributed by atoms with van der Waals surface area (Å²) >= 11 is 0. The summed E-state index contributed by atoms with van der Waals surface area (Å²) in [5, 5.41) is 18.8. The number of carboxylic acid groups (broad SMARTS) is 2. The standard InChI is InChI=1S/C17H28O6/c1-2-3-4-5-6-7-8-9-10-13(15(19)20)17(16(21)22)12-11-14(18)23-17/h13H,2-12H2,1H3,(H,19,20)(H,21,22)/t13-,17-/m0/s1. The summed E-state index contributed by atoms with van der Waals surface area (Å²) in [6.45, 7) is 2.17. The van der Waals surface area contributed by atoms with Gasteiger partial charge in [-0.2, -0.15) is 0 Å². The molecule has 1 aliphatic heterocycles. The number of ether oxygens (including phenoxy) is 1. The Labute approximate surface area is 137 Å². The van der Waals surface area contributed by atoms with Crippen LogP contribution in [0.4, 0.5) is 0 Å². The number of cyclic esters (lactones) is 1. The second kappa shape index (κ2) is 9.53. The van der Waals surface area contributed by atoms with Gasteiger partial charge in [0.2, 0.25) is 5.60 Å². The molecule has 2 atom stereocenters. The van der Waals surface area contributed by atoms with Crippen molar-refractivity contribution in [2.45, 2.75) is 83.2 Å². The lowest BCUT2D eigenvalue weighted by atomic mass is 9.81. The lowest BCUT2D eigenvalue weighted by Gasteiger charge is -2.29. The summed E-state index contributed by atoms with van der Waals surface area (Å²) in [5.41, 5.74) is -1.88. The van der Waals surface area contributed by atoms with Crippen LogP contribution >= 0.6 is 0 Å². The average molecular weight is 328 g/mol. The number of carbonyl (C=O) groups excluding carboxylic acids is 1. The maximum Gasteiger partial charge on any atom is 0.349 e. The molecule has 1 aliphatic rings. The zero-order valence-corrected chi connectivity index (χ0v) is 13.9. The monoisotopic (exact) mass is 328 g/mol. The minimum absolute atomic E-state index is 0.0342. The first kappa shape index (κ1) is 19.5. The first-order valence-corrected chi connectivity index (χ1v) is 8.62. The molecule has 1 saturated heterocycles. The largest absolute Gasteiger partial charge is 0.481 e. The Morgan fingerprint density at radius 1 is 1.09 bits per heavy atom. The normalized spacial score (nSPS) is 21.9. The minimum atomic E-state index is -1.88. The van der Waals surface area contributed by atoms with Crippen molar-refractivity contribution in [1.82, 2.24) is 0 Å². The first-order valence-electron chi connectivity index (χ1n) is 8.62. The average Bonchev–Trinajstić information content (AvgIpc) is 2.88. The maximum atomic E-state index is 11.5. The Hall–Kier alpha value is -1.59. The van der Waals surface area contributed by atoms with Crippen LogP contribution in [-0.2, 0) is 19.1 Å². The Bertz CT molecular complexity index is 419. The molecule has 2 N–H and O–H groups in total. The molecule has 0 saturated carbocycles. The molecule has 0 unspecified atom stereocenters. The van der Waals surface area contributed by atoms with Gasteiger partial charge in [0.25, 0.3) is 0 Å². The van der Waals surface area contributed by atoms with E-state index in [1.165, 1.54) is 25.7 Å². The number of esters is 1. The van der Waals surface area contributed by atoms with Gasteiger partial charge in [-0.3, -0.25) is 9.59 Å². The van der Waals surface area contributed by atoms with Crippen molar-refractivity contribution in [3.8, 4) is 0 Å². The van der Waals surface area contributed by atoms with Crippen molar-refractivity contribution < 1.29 is 29.3 Å². The minimum Gasteiger partial charge on any atom is -0.481 e. The van der Waals surface area contributed by atoms with E-state index in [9.17, 15) is 24.6 Å². The second-order valence-corrected chi connectivity index (χ2v) is 6.32. The highest BCUT2D eigenvalue weighted by Crippen LogP contribution is 2.37. The summed E-state index contributed by atoms with van der Waals surface area (Å²) in [7, 11) is 0. The molecular weight excluding hydrogens is 300 g/mol. The van der Waals surface area contributed by atoms with E-state index in [4.69, 9.17) is 4.74 Å². The molecule has 0 bridgehead atoms. The van der Waals surface area contributed by atoms with Crippen molar-refractivity contribution in [3.05, 3.63) is 0 Å². The molecule has 0 aromatic rings. The van der Waals surface area contributed by atoms with Crippen LogP contribution in [0.2, 0.25) is 0 Å². The van der Waals surface area contributed by atoms with Crippen LogP contribution in [0.5, 0.6) is 0 Å². The highest BCUT2D eigenvalue weighted by atomic mass is 16.6. The lowest BCUT2D eigenvalue weighted by Crippen LogP contribution is -2.49. The van der Waals surface area contributed by atoms with Gasteiger partial charge in [0.05, 0.1) is 0 Å². The highest BCUT2D eigenvalue weighted by Gasteiger charge is 2.56. The molecule has 0 amide bonds. The van der Waals surface area contributed by atoms with Crippen molar-refractivity contribution in [3.63, 3.8) is 0 Å². The summed E-state index contributed by atoms with van der Waals surface area (Å²) in [6, 6.07) is 0. The van der Waals surface area contributed by atoms with E-state index >= 15 is 0 Å². The van der Waals surface area contributed by atoms with Gasteiger partial charge in [0.1, 0.15) is 5.92 Å². The zero-order valence-electron chi connectivity index (χ0n) is 13.9. The van der Waals surface area contributed by atoms with Crippen LogP contribution in [0.25, 0.3) is 0 Å². The zero-order chi connectivity index (χ0) is 17.3. The second-order valence-electron chi connectivity index (χ2n) is 6.32. The molecule has 6 heteroatoms. The number of unbranched alkanes of at least 4 members (excludes halogenated alkanes) is 7. The third-order valence-electron chi connectivity index (χ3n) is 4.57. The molecule has 1 rings (SSSR count). The molecule has 0 aromatic heterocycles. The number of hydrogen-bond donors (Lipinski definition) is 2. The van der Waals surface area contributed by atoms with Crippen LogP contribution in [0.3, 0.4) is 0 Å². The smallest absolute Gasteiger partial charge is 0.349 e. The third kappa shape index (κ3) is 5.52. The first-order chi connectivity index (χ1) is 10.9. The Balaban J connectivity index is 2.44. The van der Waals surface area contributed by atoms with Gasteiger partial charge in [0, 0.05) is 12.8 Å². The Kier molecular flexibility index (Phi) is 8.06. The van der Waals surface area contributed by atoms with Crippen LogP contribution in [-0.4, -0.2) is 33.7 Å². The fraction of sp³-hybridized carbons (Fsp3) is 0.824. The van der Waals surface area contributed by atoms with Crippen molar-refractivity contribution in [2.75, 3.05) is 0 Å². The predicted molar refractivity (Wildman–Crippen MR) is 84.0 cm³/mol. The van der Waals surface area contributed by atoms with E-state index in [1.807, 2.05) is 0 Å². The van der Waals surface area contributed by atoms with Crippen LogP contribution in [0.15, 0.2) is 0 Å². The molecule has 1 fully saturated rings. The van der Waals surface area contributed by atoms with Gasteiger partial charge in [-0.15, -0.1) is 0 Å². The van der Waals surface area contributed by atoms with Crippen molar-refractivity contribution in [1.29, 1.82) is 0 Å². The summed E-state index contributed by atoms with van der Waals surface area (Å²) in [5.74, 6) is -4.36. The molecule has 0 radical (unpaired) electrons. The molecule has 6 nitrogen and oxygen atoms in total. The predicted octanol–water partition coefficient (Wildman–Crippen LogP) is 3.38. The summed E-state index contributed by atoms with van der Waals surface area (Å²) in [6.07, 6.45) is 8.65. The Morgan fingerprint density at radius 3 is 2.09 bits per heavy atom. The van der Waals surface area contributed by atoms with E-state index in [1.54, 1.807) is 0 Å². The van der Waals surface area contributed by atoms with E-state index in [2.05, 4.69) is 6.92 Å². The molecule has 0 aliphatic carbocycles. The fourth-order valence-electron chi connectivity index (χ4n) is 3.18. The molecule has 0 aromatic carbocycles.